The van der Waals surface area contributed by atoms with Crippen LogP contribution in [0.15, 0.2) is 68.4 Å². The SMILES string of the molecule is Cc1cc(=O)c2c(O)c3c(cc2o1)OC(C)(C)C(OC(=O)C1(C)OC1CCC1=CC(C2=CC(C(C)C)NC(N)=C2)NC(N)=C1)C3. The molecular formula is C34H42N4O7. The van der Waals surface area contributed by atoms with Crippen molar-refractivity contribution in [2.24, 2.45) is 17.4 Å². The zero-order valence-corrected chi connectivity index (χ0v) is 26.5. The largest absolute Gasteiger partial charge is 0.507 e. The maximum atomic E-state index is 13.5. The molecule has 11 heteroatoms. The Bertz CT molecular complexity index is 1750. The Hall–Kier alpha value is -4.38. The van der Waals surface area contributed by atoms with E-state index < -0.39 is 23.3 Å². The number of phenolic OH excluding ortho intramolecular Hbond substituents is 1. The number of hydrogen-bond acceptors (Lipinski definition) is 11. The monoisotopic (exact) mass is 618 g/mol. The van der Waals surface area contributed by atoms with Gasteiger partial charge in [-0.2, -0.15) is 0 Å². The van der Waals surface area contributed by atoms with E-state index in [0.717, 1.165) is 11.1 Å². The first-order valence-corrected chi connectivity index (χ1v) is 15.4. The van der Waals surface area contributed by atoms with Crippen LogP contribution in [0.3, 0.4) is 0 Å². The Morgan fingerprint density at radius 1 is 1.13 bits per heavy atom. The van der Waals surface area contributed by atoms with Gasteiger partial charge in [-0.1, -0.05) is 26.0 Å². The van der Waals surface area contributed by atoms with Gasteiger partial charge in [0, 0.05) is 30.2 Å². The number of rotatable bonds is 7. The second-order valence-corrected chi connectivity index (χ2v) is 13.5. The van der Waals surface area contributed by atoms with Gasteiger partial charge in [-0.25, -0.2) is 4.79 Å². The predicted molar refractivity (Wildman–Crippen MR) is 169 cm³/mol. The zero-order chi connectivity index (χ0) is 32.4. The summed E-state index contributed by atoms with van der Waals surface area (Å²) in [6.07, 6.45) is 8.47. The number of ether oxygens (including phenoxy) is 3. The lowest BCUT2D eigenvalue weighted by Crippen LogP contribution is -2.50. The highest BCUT2D eigenvalue weighted by Gasteiger charge is 2.60. The third-order valence-corrected chi connectivity index (χ3v) is 9.16. The van der Waals surface area contributed by atoms with Gasteiger partial charge < -0.3 is 45.8 Å². The molecule has 6 rings (SSSR count). The number of aryl methyl sites for hydroxylation is 1. The molecule has 1 aromatic carbocycles. The zero-order valence-electron chi connectivity index (χ0n) is 26.5. The number of epoxide rings is 1. The Kier molecular flexibility index (Phi) is 7.42. The smallest absolute Gasteiger partial charge is 0.341 e. The minimum absolute atomic E-state index is 0.0742. The average Bonchev–Trinajstić information content (AvgIpc) is 3.62. The molecule has 0 aliphatic carbocycles. The lowest BCUT2D eigenvalue weighted by atomic mass is 9.89. The number of carbonyl (C=O) groups is 1. The van der Waals surface area contributed by atoms with Crippen molar-refractivity contribution in [3.05, 3.63) is 80.8 Å². The number of esters is 1. The van der Waals surface area contributed by atoms with Gasteiger partial charge in [0.05, 0.1) is 23.8 Å². The van der Waals surface area contributed by atoms with Crippen LogP contribution in [0.4, 0.5) is 0 Å². The molecule has 5 unspecified atom stereocenters. The van der Waals surface area contributed by atoms with Crippen LogP contribution in [0.5, 0.6) is 11.5 Å². The molecule has 0 radical (unpaired) electrons. The summed E-state index contributed by atoms with van der Waals surface area (Å²) < 4.78 is 23.8. The topological polar surface area (TPSA) is 175 Å². The molecule has 5 heterocycles. The molecule has 0 bridgehead atoms. The highest BCUT2D eigenvalue weighted by molar-refractivity contribution is 5.87. The van der Waals surface area contributed by atoms with Crippen LogP contribution >= 0.6 is 0 Å². The van der Waals surface area contributed by atoms with Gasteiger partial charge >= 0.3 is 5.97 Å². The van der Waals surface area contributed by atoms with Crippen molar-refractivity contribution in [1.29, 1.82) is 0 Å². The van der Waals surface area contributed by atoms with Crippen LogP contribution in [0.2, 0.25) is 0 Å². The third kappa shape index (κ3) is 5.77. The van der Waals surface area contributed by atoms with Crippen LogP contribution in [-0.4, -0.2) is 46.6 Å². The molecule has 0 spiro atoms. The number of fused-ring (bicyclic) bond motifs is 2. The second kappa shape index (κ2) is 10.9. The summed E-state index contributed by atoms with van der Waals surface area (Å²) in [5.41, 5.74) is 12.7. The van der Waals surface area contributed by atoms with E-state index in [9.17, 15) is 14.7 Å². The van der Waals surface area contributed by atoms with Gasteiger partial charge in [-0.05, 0) is 69.8 Å². The first kappa shape index (κ1) is 30.6. The van der Waals surface area contributed by atoms with E-state index in [1.165, 1.54) is 6.07 Å². The van der Waals surface area contributed by atoms with E-state index in [0.29, 0.717) is 47.5 Å². The maximum absolute atomic E-state index is 13.5. The molecule has 2 aromatic rings. The predicted octanol–water partition coefficient (Wildman–Crippen LogP) is 3.42. The van der Waals surface area contributed by atoms with Crippen molar-refractivity contribution in [2.45, 2.75) is 96.3 Å². The van der Waals surface area contributed by atoms with Gasteiger partial charge in [0.2, 0.25) is 0 Å². The normalized spacial score (nSPS) is 28.4. The fourth-order valence-electron chi connectivity index (χ4n) is 6.34. The highest BCUT2D eigenvalue weighted by Crippen LogP contribution is 2.45. The minimum Gasteiger partial charge on any atom is -0.507 e. The fourth-order valence-corrected chi connectivity index (χ4v) is 6.34. The van der Waals surface area contributed by atoms with Crippen LogP contribution in [0.1, 0.15) is 58.8 Å². The van der Waals surface area contributed by atoms with Crippen LogP contribution in [0.25, 0.3) is 11.0 Å². The summed E-state index contributed by atoms with van der Waals surface area (Å²) in [6.45, 7) is 11.3. The summed E-state index contributed by atoms with van der Waals surface area (Å²) in [5, 5.41) is 17.7. The van der Waals surface area contributed by atoms with Gasteiger partial charge in [-0.15, -0.1) is 0 Å². The molecule has 1 fully saturated rings. The number of allylic oxidation sites excluding steroid dienone is 2. The quantitative estimate of drug-likeness (QED) is 0.227. The average molecular weight is 619 g/mol. The lowest BCUT2D eigenvalue weighted by molar-refractivity contribution is -0.166. The molecule has 1 saturated heterocycles. The first-order chi connectivity index (χ1) is 21.1. The maximum Gasteiger partial charge on any atom is 0.341 e. The Balaban J connectivity index is 1.12. The summed E-state index contributed by atoms with van der Waals surface area (Å²) in [5.74, 6) is 1.64. The van der Waals surface area contributed by atoms with Crippen molar-refractivity contribution in [3.63, 3.8) is 0 Å². The molecule has 0 amide bonds. The molecule has 45 heavy (non-hydrogen) atoms. The number of nitrogens with two attached hydrogens (primary N) is 2. The van der Waals surface area contributed by atoms with E-state index in [1.807, 2.05) is 26.0 Å². The van der Waals surface area contributed by atoms with Crippen molar-refractivity contribution in [3.8, 4) is 11.5 Å². The Morgan fingerprint density at radius 2 is 1.87 bits per heavy atom. The van der Waals surface area contributed by atoms with Crippen molar-refractivity contribution in [1.82, 2.24) is 10.6 Å². The van der Waals surface area contributed by atoms with E-state index >= 15 is 0 Å². The number of carbonyl (C=O) groups excluding carboxylic acids is 1. The molecule has 11 nitrogen and oxygen atoms in total. The van der Waals surface area contributed by atoms with E-state index in [1.54, 1.807) is 19.9 Å². The van der Waals surface area contributed by atoms with Crippen molar-refractivity contribution >= 4 is 16.9 Å². The van der Waals surface area contributed by atoms with Crippen LogP contribution in [-0.2, 0) is 20.7 Å². The molecule has 0 saturated carbocycles. The second-order valence-electron chi connectivity index (χ2n) is 13.5. The Labute approximate surface area is 261 Å². The molecule has 1 aromatic heterocycles. The van der Waals surface area contributed by atoms with Crippen LogP contribution in [0, 0.1) is 12.8 Å². The number of aromatic hydroxyl groups is 1. The van der Waals surface area contributed by atoms with Gasteiger partial charge in [-0.3, -0.25) is 4.79 Å². The lowest BCUT2D eigenvalue weighted by Gasteiger charge is -2.39. The van der Waals surface area contributed by atoms with Gasteiger partial charge in [0.25, 0.3) is 0 Å². The number of nitrogens with one attached hydrogen (secondary N) is 2. The number of benzene rings is 1. The third-order valence-electron chi connectivity index (χ3n) is 9.16. The van der Waals surface area contributed by atoms with Crippen molar-refractivity contribution in [2.75, 3.05) is 0 Å². The summed E-state index contributed by atoms with van der Waals surface area (Å²) >= 11 is 0. The fraction of sp³-hybridized carbons (Fsp3) is 0.471. The van der Waals surface area contributed by atoms with Gasteiger partial charge in [0.1, 0.15) is 39.9 Å². The Morgan fingerprint density at radius 3 is 2.60 bits per heavy atom. The molecule has 4 aliphatic rings. The standard InChI is InChI=1S/C34H42N4O7/c1-16(2)21-12-19(13-29(36)37-21)22-10-18(11-28(35)38-22)7-8-26-34(6,45-26)32(41)43-27-14-20-24(44-33(27,4)5)15-25-30(31(20)40)23(39)9-17(3)42-25/h9-13,15-16,21-22,26-27,37-38,40H,7-8,14,35-36H2,1-6H3. The van der Waals surface area contributed by atoms with Crippen molar-refractivity contribution < 1.29 is 28.5 Å². The minimum atomic E-state index is -1.11. The molecule has 4 aliphatic heterocycles. The van der Waals surface area contributed by atoms with Crippen LogP contribution < -0.4 is 32.3 Å². The highest BCUT2D eigenvalue weighted by atomic mass is 16.7. The molecule has 240 valence electrons. The molecule has 5 atom stereocenters. The number of dihydropyridines is 2. The van der Waals surface area contributed by atoms with E-state index in [4.69, 9.17) is 30.1 Å². The summed E-state index contributed by atoms with van der Waals surface area (Å²) in [6, 6.07) is 2.94. The number of hydrogen-bond donors (Lipinski definition) is 5. The van der Waals surface area contributed by atoms with Gasteiger partial charge in [0.15, 0.2) is 11.0 Å². The van der Waals surface area contributed by atoms with E-state index in [-0.39, 0.29) is 46.8 Å². The number of phenols is 1. The molecule has 7 N–H and O–H groups in total. The van der Waals surface area contributed by atoms with E-state index in [2.05, 4.69) is 36.6 Å². The summed E-state index contributed by atoms with van der Waals surface area (Å²) in [7, 11) is 0. The first-order valence-electron chi connectivity index (χ1n) is 15.4. The summed E-state index contributed by atoms with van der Waals surface area (Å²) in [4.78, 5) is 26.1. The molecular weight excluding hydrogens is 576 g/mol.